The number of hydrogen-bond donors (Lipinski definition) is 1. The third kappa shape index (κ3) is 7.70. The van der Waals surface area contributed by atoms with Crippen molar-refractivity contribution in [3.63, 3.8) is 0 Å². The van der Waals surface area contributed by atoms with Gasteiger partial charge in [-0.2, -0.15) is 0 Å². The van der Waals surface area contributed by atoms with Gasteiger partial charge in [-0.15, -0.1) is 0 Å². The maximum atomic E-state index is 10.3. The van der Waals surface area contributed by atoms with E-state index in [-0.39, 0.29) is 6.61 Å². The van der Waals surface area contributed by atoms with Gasteiger partial charge in [0.2, 0.25) is 5.91 Å². The maximum absolute atomic E-state index is 10.3. The number of primary amides is 1. The van der Waals surface area contributed by atoms with Gasteiger partial charge in [-0.25, -0.2) is 0 Å². The van der Waals surface area contributed by atoms with Crippen LogP contribution in [0.5, 0.6) is 0 Å². The fourth-order valence-corrected chi connectivity index (χ4v) is 1.01. The van der Waals surface area contributed by atoms with E-state index in [9.17, 15) is 4.79 Å². The highest BCUT2D eigenvalue weighted by Gasteiger charge is 1.94. The number of carbonyl (C=O) groups excluding carboxylic acids is 1. The van der Waals surface area contributed by atoms with Gasteiger partial charge in [0, 0.05) is 0 Å². The van der Waals surface area contributed by atoms with E-state index < -0.39 is 5.91 Å². The molecule has 0 saturated heterocycles. The second kappa shape index (κ2) is 9.21. The predicted molar refractivity (Wildman–Crippen MR) is 61.5 cm³/mol. The van der Waals surface area contributed by atoms with Crippen molar-refractivity contribution in [3.8, 4) is 0 Å². The summed E-state index contributed by atoms with van der Waals surface area (Å²) in [7, 11) is 0. The minimum absolute atomic E-state index is 0.00678. The summed E-state index contributed by atoms with van der Waals surface area (Å²) < 4.78 is 5.02. The molecule has 0 aliphatic heterocycles. The lowest BCUT2D eigenvalue weighted by Gasteiger charge is -2.01. The summed E-state index contributed by atoms with van der Waals surface area (Å²) in [6.07, 6.45) is 0.814. The monoisotopic (exact) mass is 209 g/mol. The molecule has 1 aromatic rings. The lowest BCUT2D eigenvalue weighted by atomic mass is 10.2. The normalized spacial score (nSPS) is 8.93. The van der Waals surface area contributed by atoms with Crippen molar-refractivity contribution in [1.82, 2.24) is 0 Å². The Labute approximate surface area is 91.2 Å². The second-order valence-corrected chi connectivity index (χ2v) is 2.75. The lowest BCUT2D eigenvalue weighted by Crippen LogP contribution is -2.18. The molecule has 0 bridgehead atoms. The van der Waals surface area contributed by atoms with Crippen molar-refractivity contribution in [2.45, 2.75) is 20.3 Å². The third-order valence-electron chi connectivity index (χ3n) is 1.62. The van der Waals surface area contributed by atoms with Gasteiger partial charge in [0.05, 0.1) is 6.61 Å². The molecule has 0 saturated carbocycles. The molecular formula is C12H19NO2. The Balaban J connectivity index is 0.000000921. The fraction of sp³-hybridized carbons (Fsp3) is 0.417. The van der Waals surface area contributed by atoms with Crippen LogP contribution >= 0.6 is 0 Å². The minimum atomic E-state index is -0.423. The van der Waals surface area contributed by atoms with Crippen LogP contribution in [0.15, 0.2) is 30.3 Å². The predicted octanol–water partition coefficient (Wildman–Crippen LogP) is 1.76. The molecule has 0 aromatic heterocycles. The van der Waals surface area contributed by atoms with Crippen molar-refractivity contribution in [2.24, 2.45) is 5.73 Å². The van der Waals surface area contributed by atoms with E-state index in [0.717, 1.165) is 6.42 Å². The van der Waals surface area contributed by atoms with Crippen LogP contribution in [-0.4, -0.2) is 19.1 Å². The van der Waals surface area contributed by atoms with Crippen LogP contribution in [-0.2, 0) is 16.0 Å². The Bertz CT molecular complexity index is 260. The Morgan fingerprint density at radius 1 is 1.27 bits per heavy atom. The van der Waals surface area contributed by atoms with Gasteiger partial charge in [-0.1, -0.05) is 44.2 Å². The summed E-state index contributed by atoms with van der Waals surface area (Å²) in [5.74, 6) is -0.423. The van der Waals surface area contributed by atoms with Crippen LogP contribution in [0.25, 0.3) is 0 Å². The average molecular weight is 209 g/mol. The molecule has 0 heterocycles. The summed E-state index contributed by atoms with van der Waals surface area (Å²) >= 11 is 0. The number of ether oxygens (including phenoxy) is 1. The highest BCUT2D eigenvalue weighted by atomic mass is 16.5. The molecule has 3 heteroatoms. The van der Waals surface area contributed by atoms with Crippen LogP contribution in [0.1, 0.15) is 19.4 Å². The molecule has 1 aromatic carbocycles. The van der Waals surface area contributed by atoms with E-state index >= 15 is 0 Å². The van der Waals surface area contributed by atoms with Crippen LogP contribution < -0.4 is 5.73 Å². The summed E-state index contributed by atoms with van der Waals surface area (Å²) in [5, 5.41) is 0. The Kier molecular flexibility index (Phi) is 8.39. The molecule has 1 amide bonds. The molecule has 0 radical (unpaired) electrons. The number of amides is 1. The fourth-order valence-electron chi connectivity index (χ4n) is 1.01. The number of rotatable bonds is 5. The van der Waals surface area contributed by atoms with Crippen LogP contribution in [0, 0.1) is 0 Å². The Morgan fingerprint density at radius 2 is 1.87 bits per heavy atom. The number of carbonyl (C=O) groups is 1. The molecule has 0 fully saturated rings. The van der Waals surface area contributed by atoms with Crippen LogP contribution in [0.3, 0.4) is 0 Å². The number of nitrogens with two attached hydrogens (primary N) is 1. The molecule has 15 heavy (non-hydrogen) atoms. The molecular weight excluding hydrogens is 190 g/mol. The quantitative estimate of drug-likeness (QED) is 0.751. The first-order chi connectivity index (χ1) is 7.29. The van der Waals surface area contributed by atoms with Gasteiger partial charge in [0.25, 0.3) is 0 Å². The van der Waals surface area contributed by atoms with E-state index in [1.807, 2.05) is 44.2 Å². The topological polar surface area (TPSA) is 52.3 Å². The standard InChI is InChI=1S/C10H13NO2.C2H6/c11-10(12)8-13-7-6-9-4-2-1-3-5-9;1-2/h1-5H,6-8H2,(H2,11,12);1-2H3. The van der Waals surface area contributed by atoms with Crippen molar-refractivity contribution in [3.05, 3.63) is 35.9 Å². The van der Waals surface area contributed by atoms with E-state index in [0.29, 0.717) is 6.61 Å². The van der Waals surface area contributed by atoms with Crippen LogP contribution in [0.2, 0.25) is 0 Å². The van der Waals surface area contributed by atoms with Gasteiger partial charge in [0.1, 0.15) is 6.61 Å². The zero-order chi connectivity index (χ0) is 11.5. The maximum Gasteiger partial charge on any atom is 0.243 e. The average Bonchev–Trinajstić information content (AvgIpc) is 2.28. The molecule has 84 valence electrons. The molecule has 0 aliphatic rings. The van der Waals surface area contributed by atoms with Crippen LogP contribution in [0.4, 0.5) is 0 Å². The first-order valence-electron chi connectivity index (χ1n) is 5.19. The largest absolute Gasteiger partial charge is 0.371 e. The van der Waals surface area contributed by atoms with Crippen molar-refractivity contribution < 1.29 is 9.53 Å². The molecule has 0 atom stereocenters. The first kappa shape index (κ1) is 13.7. The van der Waals surface area contributed by atoms with Crippen molar-refractivity contribution in [2.75, 3.05) is 13.2 Å². The van der Waals surface area contributed by atoms with Gasteiger partial charge >= 0.3 is 0 Å². The second-order valence-electron chi connectivity index (χ2n) is 2.75. The van der Waals surface area contributed by atoms with Gasteiger partial charge in [-0.3, -0.25) is 4.79 Å². The number of hydrogen-bond acceptors (Lipinski definition) is 2. The molecule has 3 nitrogen and oxygen atoms in total. The Morgan fingerprint density at radius 3 is 2.40 bits per heavy atom. The van der Waals surface area contributed by atoms with Gasteiger partial charge in [-0.05, 0) is 12.0 Å². The molecule has 0 unspecified atom stereocenters. The third-order valence-corrected chi connectivity index (χ3v) is 1.62. The molecule has 0 aliphatic carbocycles. The highest BCUT2D eigenvalue weighted by Crippen LogP contribution is 1.99. The summed E-state index contributed by atoms with van der Waals surface area (Å²) in [6, 6.07) is 9.96. The summed E-state index contributed by atoms with van der Waals surface area (Å²) in [5.41, 5.74) is 6.11. The van der Waals surface area contributed by atoms with E-state index in [1.165, 1.54) is 5.56 Å². The minimum Gasteiger partial charge on any atom is -0.371 e. The van der Waals surface area contributed by atoms with E-state index in [1.54, 1.807) is 0 Å². The first-order valence-corrected chi connectivity index (χ1v) is 5.19. The summed E-state index contributed by atoms with van der Waals surface area (Å²) in [4.78, 5) is 10.3. The lowest BCUT2D eigenvalue weighted by molar-refractivity contribution is -0.122. The van der Waals surface area contributed by atoms with Gasteiger partial charge < -0.3 is 10.5 Å². The number of benzene rings is 1. The Hall–Kier alpha value is -1.35. The zero-order valence-corrected chi connectivity index (χ0v) is 9.40. The molecule has 1 rings (SSSR count). The van der Waals surface area contributed by atoms with E-state index in [2.05, 4.69) is 0 Å². The highest BCUT2D eigenvalue weighted by molar-refractivity contribution is 5.74. The zero-order valence-electron chi connectivity index (χ0n) is 9.40. The smallest absolute Gasteiger partial charge is 0.243 e. The SMILES string of the molecule is CC.NC(=O)COCCc1ccccc1. The van der Waals surface area contributed by atoms with Crippen molar-refractivity contribution >= 4 is 5.91 Å². The molecule has 2 N–H and O–H groups in total. The summed E-state index contributed by atoms with van der Waals surface area (Å²) in [6.45, 7) is 4.54. The van der Waals surface area contributed by atoms with Crippen molar-refractivity contribution in [1.29, 1.82) is 0 Å². The van der Waals surface area contributed by atoms with E-state index in [4.69, 9.17) is 10.5 Å². The van der Waals surface area contributed by atoms with Gasteiger partial charge in [0.15, 0.2) is 0 Å². The molecule has 0 spiro atoms.